The molecule has 150 valence electrons. The molecular formula is C24H25NO4. The number of pyridine rings is 1. The first kappa shape index (κ1) is 18.1. The molecule has 1 fully saturated rings. The second-order valence-corrected chi connectivity index (χ2v) is 8.82. The Morgan fingerprint density at radius 2 is 1.90 bits per heavy atom. The molecule has 1 saturated carbocycles. The summed E-state index contributed by atoms with van der Waals surface area (Å²) in [5.41, 5.74) is 2.14. The Morgan fingerprint density at radius 1 is 1.14 bits per heavy atom. The van der Waals surface area contributed by atoms with Crippen LogP contribution in [0.15, 0.2) is 47.3 Å². The zero-order valence-electron chi connectivity index (χ0n) is 17.0. The number of methoxy groups -OCH3 is 1. The highest BCUT2D eigenvalue weighted by Gasteiger charge is 2.60. The molecular weight excluding hydrogens is 366 g/mol. The molecule has 2 heterocycles. The van der Waals surface area contributed by atoms with Gasteiger partial charge in [-0.2, -0.15) is 0 Å². The number of aromatic nitrogens is 1. The van der Waals surface area contributed by atoms with E-state index in [1.807, 2.05) is 36.4 Å². The van der Waals surface area contributed by atoms with Crippen molar-refractivity contribution < 1.29 is 14.6 Å². The van der Waals surface area contributed by atoms with E-state index in [4.69, 9.17) is 9.47 Å². The van der Waals surface area contributed by atoms with Crippen LogP contribution in [0.3, 0.4) is 0 Å². The number of hydrogen-bond donors (Lipinski definition) is 2. The molecule has 0 radical (unpaired) electrons. The first-order valence-corrected chi connectivity index (χ1v) is 10.0. The number of aromatic amines is 1. The lowest BCUT2D eigenvalue weighted by molar-refractivity contribution is -0.0825. The van der Waals surface area contributed by atoms with Gasteiger partial charge in [-0.25, -0.2) is 0 Å². The zero-order valence-corrected chi connectivity index (χ0v) is 17.0. The Kier molecular flexibility index (Phi) is 3.76. The summed E-state index contributed by atoms with van der Waals surface area (Å²) in [5.74, 6) is 2.03. The summed E-state index contributed by atoms with van der Waals surface area (Å²) in [4.78, 5) is 16.2. The summed E-state index contributed by atoms with van der Waals surface area (Å²) < 4.78 is 11.8. The first-order valence-electron chi connectivity index (χ1n) is 10.0. The number of benzene rings is 2. The molecule has 1 aromatic heterocycles. The molecule has 4 atom stereocenters. The molecule has 5 rings (SSSR count). The minimum atomic E-state index is -0.384. The van der Waals surface area contributed by atoms with Gasteiger partial charge in [0.1, 0.15) is 11.4 Å². The van der Waals surface area contributed by atoms with Gasteiger partial charge in [-0.3, -0.25) is 4.79 Å². The first-order chi connectivity index (χ1) is 13.8. The van der Waals surface area contributed by atoms with Gasteiger partial charge in [-0.1, -0.05) is 25.1 Å². The van der Waals surface area contributed by atoms with Crippen molar-refractivity contribution in [1.29, 1.82) is 0 Å². The molecule has 0 amide bonds. The van der Waals surface area contributed by atoms with Gasteiger partial charge in [0, 0.05) is 17.2 Å². The van der Waals surface area contributed by atoms with Crippen LogP contribution in [0.1, 0.15) is 43.7 Å². The summed E-state index contributed by atoms with van der Waals surface area (Å²) in [7, 11) is 1.55. The lowest BCUT2D eigenvalue weighted by atomic mass is 9.48. The summed E-state index contributed by atoms with van der Waals surface area (Å²) in [6.45, 7) is 6.46. The third-order valence-electron chi connectivity index (χ3n) is 6.91. The van der Waals surface area contributed by atoms with E-state index in [1.165, 1.54) is 0 Å². The number of ether oxygens (including phenoxy) is 2. The van der Waals surface area contributed by atoms with Crippen LogP contribution in [0, 0.1) is 11.8 Å². The van der Waals surface area contributed by atoms with E-state index >= 15 is 0 Å². The third kappa shape index (κ3) is 2.43. The Labute approximate surface area is 169 Å². The smallest absolute Gasteiger partial charge is 0.255 e. The normalized spacial score (nSPS) is 26.8. The summed E-state index contributed by atoms with van der Waals surface area (Å²) in [6, 6.07) is 13.3. The Bertz CT molecular complexity index is 1180. The molecule has 1 aliphatic carbocycles. The van der Waals surface area contributed by atoms with Crippen molar-refractivity contribution in [2.45, 2.75) is 38.2 Å². The molecule has 0 spiro atoms. The van der Waals surface area contributed by atoms with E-state index in [-0.39, 0.29) is 34.7 Å². The average Bonchev–Trinajstić information content (AvgIpc) is 2.67. The Morgan fingerprint density at radius 3 is 2.66 bits per heavy atom. The van der Waals surface area contributed by atoms with Crippen LogP contribution in [0.2, 0.25) is 0 Å². The van der Waals surface area contributed by atoms with Crippen LogP contribution < -0.4 is 15.0 Å². The SMILES string of the molecule is COc1cc([C@@H]2[C@@H](C)[C@H]3[C@@H]2c2c(c4ccccc4[nH]c2=O)OC3(C)C)ccc1O. The summed E-state index contributed by atoms with van der Waals surface area (Å²) in [5, 5.41) is 10.9. The highest BCUT2D eigenvalue weighted by molar-refractivity contribution is 5.86. The van der Waals surface area contributed by atoms with Crippen molar-refractivity contribution in [3.63, 3.8) is 0 Å². The molecule has 2 N–H and O–H groups in total. The summed E-state index contributed by atoms with van der Waals surface area (Å²) >= 11 is 0. The maximum Gasteiger partial charge on any atom is 0.255 e. The number of fused-ring (bicyclic) bond motifs is 5. The average molecular weight is 391 g/mol. The van der Waals surface area contributed by atoms with Gasteiger partial charge in [0.05, 0.1) is 18.2 Å². The monoisotopic (exact) mass is 391 g/mol. The van der Waals surface area contributed by atoms with Crippen LogP contribution in [0.5, 0.6) is 17.2 Å². The lowest BCUT2D eigenvalue weighted by Crippen LogP contribution is -2.58. The molecule has 3 aromatic rings. The lowest BCUT2D eigenvalue weighted by Gasteiger charge is -2.59. The predicted octanol–water partition coefficient (Wildman–Crippen LogP) is 4.55. The van der Waals surface area contributed by atoms with Crippen molar-refractivity contribution in [3.05, 3.63) is 63.9 Å². The van der Waals surface area contributed by atoms with Crippen LogP contribution in [-0.2, 0) is 0 Å². The highest BCUT2D eigenvalue weighted by atomic mass is 16.5. The van der Waals surface area contributed by atoms with Crippen molar-refractivity contribution in [1.82, 2.24) is 4.98 Å². The number of rotatable bonds is 2. The Hall–Kier alpha value is -2.95. The number of H-pyrrole nitrogens is 1. The van der Waals surface area contributed by atoms with Crippen LogP contribution in [0.25, 0.3) is 10.9 Å². The van der Waals surface area contributed by atoms with Crippen molar-refractivity contribution >= 4 is 10.9 Å². The standard InChI is InChI=1S/C24H25NO4/c1-12-18(13-9-10-16(26)17(11-13)28-4)19-20-22(29-24(2,3)21(12)19)14-7-5-6-8-15(14)25-23(20)27/h5-12,18-19,21,26H,1-4H3,(H,25,27)/t12-,18+,19+,21+/m1/s1. The largest absolute Gasteiger partial charge is 0.504 e. The van der Waals surface area contributed by atoms with Gasteiger partial charge in [-0.15, -0.1) is 0 Å². The van der Waals surface area contributed by atoms with Crippen molar-refractivity contribution in [3.8, 4) is 17.2 Å². The predicted molar refractivity (Wildman–Crippen MR) is 112 cm³/mol. The van der Waals surface area contributed by atoms with E-state index < -0.39 is 0 Å². The van der Waals surface area contributed by atoms with Gasteiger partial charge >= 0.3 is 0 Å². The second-order valence-electron chi connectivity index (χ2n) is 8.82. The molecule has 5 heteroatoms. The fourth-order valence-corrected chi connectivity index (χ4v) is 5.76. The summed E-state index contributed by atoms with van der Waals surface area (Å²) in [6.07, 6.45) is 0. The van der Waals surface area contributed by atoms with Crippen molar-refractivity contribution in [2.24, 2.45) is 11.8 Å². The molecule has 1 aliphatic heterocycles. The molecule has 0 saturated heterocycles. The minimum absolute atomic E-state index is 0.0476. The molecule has 2 aliphatic rings. The van der Waals surface area contributed by atoms with E-state index in [0.29, 0.717) is 17.4 Å². The number of nitrogens with one attached hydrogen (secondary N) is 1. The number of hydrogen-bond acceptors (Lipinski definition) is 4. The fourth-order valence-electron chi connectivity index (χ4n) is 5.76. The fraction of sp³-hybridized carbons (Fsp3) is 0.375. The number of phenolic OH excluding ortho intramolecular Hbond substituents is 1. The molecule has 29 heavy (non-hydrogen) atoms. The van der Waals surface area contributed by atoms with E-state index in [2.05, 4.69) is 25.8 Å². The maximum atomic E-state index is 13.1. The van der Waals surface area contributed by atoms with E-state index in [0.717, 1.165) is 22.0 Å². The van der Waals surface area contributed by atoms with Gasteiger partial charge in [0.2, 0.25) is 0 Å². The van der Waals surface area contributed by atoms with Gasteiger partial charge in [-0.05, 0) is 55.5 Å². The van der Waals surface area contributed by atoms with Crippen LogP contribution in [0.4, 0.5) is 0 Å². The number of para-hydroxylation sites is 1. The topological polar surface area (TPSA) is 71.6 Å². The molecule has 5 nitrogen and oxygen atoms in total. The molecule has 0 unspecified atom stereocenters. The maximum absolute atomic E-state index is 13.1. The van der Waals surface area contributed by atoms with Crippen LogP contribution >= 0.6 is 0 Å². The number of aromatic hydroxyl groups is 1. The van der Waals surface area contributed by atoms with Gasteiger partial charge in [0.25, 0.3) is 5.56 Å². The van der Waals surface area contributed by atoms with Gasteiger partial charge in [0.15, 0.2) is 11.5 Å². The number of phenols is 1. The minimum Gasteiger partial charge on any atom is -0.504 e. The van der Waals surface area contributed by atoms with Crippen LogP contribution in [-0.4, -0.2) is 22.8 Å². The van der Waals surface area contributed by atoms with Gasteiger partial charge < -0.3 is 19.6 Å². The third-order valence-corrected chi connectivity index (χ3v) is 6.91. The Balaban J connectivity index is 1.73. The quantitative estimate of drug-likeness (QED) is 0.672. The van der Waals surface area contributed by atoms with Crippen molar-refractivity contribution in [2.75, 3.05) is 7.11 Å². The highest BCUT2D eigenvalue weighted by Crippen LogP contribution is 2.65. The molecule has 0 bridgehead atoms. The zero-order chi connectivity index (χ0) is 20.5. The van der Waals surface area contributed by atoms with E-state index in [1.54, 1.807) is 13.2 Å². The van der Waals surface area contributed by atoms with E-state index in [9.17, 15) is 9.90 Å². The second kappa shape index (κ2) is 6.02. The molecule has 2 aromatic carbocycles.